The molecule has 152 valence electrons. The van der Waals surface area contributed by atoms with Gasteiger partial charge < -0.3 is 15.4 Å². The summed E-state index contributed by atoms with van der Waals surface area (Å²) in [5.41, 5.74) is 3.95. The summed E-state index contributed by atoms with van der Waals surface area (Å²) in [6, 6.07) is 15.5. The fraction of sp³-hybridized carbons (Fsp3) is 0.333. The molecule has 2 N–H and O–H groups in total. The highest BCUT2D eigenvalue weighted by molar-refractivity contribution is 6.06. The zero-order valence-electron chi connectivity index (χ0n) is 17.7. The molecule has 0 aliphatic carbocycles. The predicted molar refractivity (Wildman–Crippen MR) is 117 cm³/mol. The van der Waals surface area contributed by atoms with Crippen molar-refractivity contribution in [2.75, 3.05) is 11.9 Å². The van der Waals surface area contributed by atoms with Crippen LogP contribution in [0.25, 0.3) is 0 Å². The van der Waals surface area contributed by atoms with Gasteiger partial charge >= 0.3 is 0 Å². The van der Waals surface area contributed by atoms with E-state index in [0.717, 1.165) is 16.9 Å². The Balaban J connectivity index is 2.10. The van der Waals surface area contributed by atoms with Gasteiger partial charge in [0.25, 0.3) is 5.91 Å². The van der Waals surface area contributed by atoms with E-state index in [1.54, 1.807) is 0 Å². The van der Waals surface area contributed by atoms with Crippen molar-refractivity contribution in [3.63, 3.8) is 0 Å². The van der Waals surface area contributed by atoms with Crippen LogP contribution in [0.2, 0.25) is 0 Å². The van der Waals surface area contributed by atoms with E-state index in [4.69, 9.17) is 4.74 Å². The van der Waals surface area contributed by atoms with Gasteiger partial charge in [0.15, 0.2) is 0 Å². The van der Waals surface area contributed by atoms with Gasteiger partial charge in [-0.15, -0.1) is 0 Å². The summed E-state index contributed by atoms with van der Waals surface area (Å²) in [5, 5.41) is 15.3. The Hall–Kier alpha value is -3.26. The van der Waals surface area contributed by atoms with Gasteiger partial charge in [-0.2, -0.15) is 5.26 Å². The number of nitriles is 1. The van der Waals surface area contributed by atoms with Crippen LogP contribution >= 0.6 is 0 Å². The molecule has 2 aromatic carbocycles. The molecule has 0 spiro atoms. The van der Waals surface area contributed by atoms with Crippen LogP contribution in [0.15, 0.2) is 54.2 Å². The highest BCUT2D eigenvalue weighted by Crippen LogP contribution is 2.26. The minimum absolute atomic E-state index is 0.00963. The fourth-order valence-corrected chi connectivity index (χ4v) is 2.89. The van der Waals surface area contributed by atoms with Crippen LogP contribution in [0.3, 0.4) is 0 Å². The molecule has 0 bridgehead atoms. The highest BCUT2D eigenvalue weighted by Gasteiger charge is 2.14. The number of nitrogens with zero attached hydrogens (tertiary/aromatic N) is 1. The maximum atomic E-state index is 12.5. The molecule has 0 fully saturated rings. The van der Waals surface area contributed by atoms with E-state index in [1.807, 2.05) is 69.3 Å². The average molecular weight is 392 g/mol. The van der Waals surface area contributed by atoms with Crippen LogP contribution in [0, 0.1) is 18.3 Å². The number of ether oxygens (including phenoxy) is 1. The molecule has 2 rings (SSSR count). The number of anilines is 1. The fourth-order valence-electron chi connectivity index (χ4n) is 2.89. The lowest BCUT2D eigenvalue weighted by Gasteiger charge is -2.18. The van der Waals surface area contributed by atoms with E-state index in [-0.39, 0.29) is 11.6 Å². The van der Waals surface area contributed by atoms with E-state index < -0.39 is 5.91 Å². The number of carbonyl (C=O) groups is 1. The van der Waals surface area contributed by atoms with Gasteiger partial charge in [-0.1, -0.05) is 43.7 Å². The van der Waals surface area contributed by atoms with Crippen molar-refractivity contribution in [1.29, 1.82) is 5.26 Å². The second kappa shape index (κ2) is 10.3. The molecule has 0 radical (unpaired) electrons. The summed E-state index contributed by atoms with van der Waals surface area (Å²) < 4.78 is 5.69. The SMILES string of the molecule is CCOc1ccc(C)cc1C(C)N/C=C(/C#N)C(=O)Nc1ccc(C(C)C)cc1. The van der Waals surface area contributed by atoms with Gasteiger partial charge in [0.2, 0.25) is 0 Å². The van der Waals surface area contributed by atoms with Crippen LogP contribution in [0.5, 0.6) is 5.75 Å². The van der Waals surface area contributed by atoms with Crippen LogP contribution < -0.4 is 15.4 Å². The van der Waals surface area contributed by atoms with Crippen molar-refractivity contribution in [3.8, 4) is 11.8 Å². The molecule has 1 amide bonds. The summed E-state index contributed by atoms with van der Waals surface area (Å²) in [4.78, 5) is 12.5. The molecule has 1 unspecified atom stereocenters. The van der Waals surface area contributed by atoms with E-state index in [9.17, 15) is 10.1 Å². The quantitative estimate of drug-likeness (QED) is 0.478. The van der Waals surface area contributed by atoms with E-state index in [1.165, 1.54) is 11.8 Å². The van der Waals surface area contributed by atoms with Gasteiger partial charge in [-0.3, -0.25) is 4.79 Å². The van der Waals surface area contributed by atoms with Crippen LogP contribution in [-0.2, 0) is 4.79 Å². The number of hydrogen-bond donors (Lipinski definition) is 2. The van der Waals surface area contributed by atoms with Gasteiger partial charge in [0, 0.05) is 17.5 Å². The first-order chi connectivity index (χ1) is 13.8. The van der Waals surface area contributed by atoms with E-state index >= 15 is 0 Å². The third-order valence-electron chi connectivity index (χ3n) is 4.61. The van der Waals surface area contributed by atoms with E-state index in [0.29, 0.717) is 18.2 Å². The number of nitrogens with one attached hydrogen (secondary N) is 2. The minimum atomic E-state index is -0.446. The highest BCUT2D eigenvalue weighted by atomic mass is 16.5. The Labute approximate surface area is 173 Å². The predicted octanol–water partition coefficient (Wildman–Crippen LogP) is 5.21. The van der Waals surface area contributed by atoms with Crippen molar-refractivity contribution < 1.29 is 9.53 Å². The number of amides is 1. The Morgan fingerprint density at radius 1 is 1.17 bits per heavy atom. The molecular weight excluding hydrogens is 362 g/mol. The molecule has 5 nitrogen and oxygen atoms in total. The van der Waals surface area contributed by atoms with Gasteiger partial charge in [0.1, 0.15) is 17.4 Å². The molecule has 0 heterocycles. The number of hydrogen-bond acceptors (Lipinski definition) is 4. The summed E-state index contributed by atoms with van der Waals surface area (Å²) in [5.74, 6) is 0.765. The maximum Gasteiger partial charge on any atom is 0.267 e. The first-order valence-electron chi connectivity index (χ1n) is 9.86. The van der Waals surface area contributed by atoms with Crippen molar-refractivity contribution in [3.05, 3.63) is 70.9 Å². The lowest BCUT2D eigenvalue weighted by molar-refractivity contribution is -0.112. The minimum Gasteiger partial charge on any atom is -0.494 e. The number of benzene rings is 2. The Morgan fingerprint density at radius 2 is 1.86 bits per heavy atom. The third kappa shape index (κ3) is 6.11. The molecule has 0 aliphatic rings. The second-order valence-electron chi connectivity index (χ2n) is 7.26. The Morgan fingerprint density at radius 3 is 2.45 bits per heavy atom. The molecular formula is C24H29N3O2. The van der Waals surface area contributed by atoms with Crippen molar-refractivity contribution >= 4 is 11.6 Å². The van der Waals surface area contributed by atoms with Crippen LogP contribution in [0.4, 0.5) is 5.69 Å². The lowest BCUT2D eigenvalue weighted by atomic mass is 10.0. The first kappa shape index (κ1) is 22.0. The largest absolute Gasteiger partial charge is 0.494 e. The molecule has 0 saturated heterocycles. The molecule has 0 aromatic heterocycles. The zero-order chi connectivity index (χ0) is 21.4. The van der Waals surface area contributed by atoms with Crippen molar-refractivity contribution in [2.24, 2.45) is 0 Å². The standard InChI is InChI=1S/C24H29N3O2/c1-6-29-23-12-7-17(4)13-22(23)18(5)26-15-20(14-25)24(28)27-21-10-8-19(9-11-21)16(2)3/h7-13,15-16,18,26H,6H2,1-5H3,(H,27,28)/b20-15-. The van der Waals surface area contributed by atoms with Crippen LogP contribution in [-0.4, -0.2) is 12.5 Å². The molecule has 2 aromatic rings. The summed E-state index contributed by atoms with van der Waals surface area (Å²) >= 11 is 0. The monoisotopic (exact) mass is 391 g/mol. The molecule has 0 aliphatic heterocycles. The van der Waals surface area contributed by atoms with Crippen molar-refractivity contribution in [1.82, 2.24) is 5.32 Å². The molecule has 0 saturated carbocycles. The summed E-state index contributed by atoms with van der Waals surface area (Å²) in [6.07, 6.45) is 1.46. The smallest absolute Gasteiger partial charge is 0.267 e. The maximum absolute atomic E-state index is 12.5. The number of carbonyl (C=O) groups excluding carboxylic acids is 1. The Bertz CT molecular complexity index is 909. The average Bonchev–Trinajstić information content (AvgIpc) is 2.70. The first-order valence-corrected chi connectivity index (χ1v) is 9.86. The third-order valence-corrected chi connectivity index (χ3v) is 4.61. The number of rotatable bonds is 8. The van der Waals surface area contributed by atoms with Crippen molar-refractivity contribution in [2.45, 2.75) is 46.6 Å². The Kier molecular flexibility index (Phi) is 7.85. The topological polar surface area (TPSA) is 74.1 Å². The summed E-state index contributed by atoms with van der Waals surface area (Å²) in [7, 11) is 0. The van der Waals surface area contributed by atoms with Gasteiger partial charge in [-0.05, 0) is 50.5 Å². The van der Waals surface area contributed by atoms with Gasteiger partial charge in [-0.25, -0.2) is 0 Å². The van der Waals surface area contributed by atoms with Gasteiger partial charge in [0.05, 0.1) is 12.6 Å². The van der Waals surface area contributed by atoms with E-state index in [2.05, 4.69) is 24.5 Å². The zero-order valence-corrected chi connectivity index (χ0v) is 17.7. The normalized spacial score (nSPS) is 12.2. The summed E-state index contributed by atoms with van der Waals surface area (Å²) in [6.45, 7) is 10.7. The lowest BCUT2D eigenvalue weighted by Crippen LogP contribution is -2.19. The molecule has 5 heteroatoms. The van der Waals surface area contributed by atoms with Crippen LogP contribution in [0.1, 0.15) is 56.3 Å². The second-order valence-corrected chi connectivity index (χ2v) is 7.26. The molecule has 1 atom stereocenters. The number of aryl methyl sites for hydroxylation is 1. The molecule has 29 heavy (non-hydrogen) atoms.